The van der Waals surface area contributed by atoms with Crippen molar-refractivity contribution in [1.82, 2.24) is 0 Å². The van der Waals surface area contributed by atoms with Crippen LogP contribution in [0.1, 0.15) is 37.6 Å². The molecule has 21 heavy (non-hydrogen) atoms. The van der Waals surface area contributed by atoms with Gasteiger partial charge in [-0.25, -0.2) is 0 Å². The van der Waals surface area contributed by atoms with Crippen molar-refractivity contribution in [1.29, 1.82) is 0 Å². The number of ketones is 1. The van der Waals surface area contributed by atoms with Crippen LogP contribution in [0.4, 0.5) is 11.4 Å². The smallest absolute Gasteiger partial charge is 0.221 e. The summed E-state index contributed by atoms with van der Waals surface area (Å²) >= 11 is 6.17. The molecular formula is C13H13I3N2O3. The van der Waals surface area contributed by atoms with Gasteiger partial charge in [0.15, 0.2) is 5.78 Å². The van der Waals surface area contributed by atoms with Gasteiger partial charge >= 0.3 is 0 Å². The second-order valence-electron chi connectivity index (χ2n) is 4.21. The Labute approximate surface area is 163 Å². The molecule has 1 rings (SSSR count). The summed E-state index contributed by atoms with van der Waals surface area (Å²) in [6.45, 7) is 4.59. The van der Waals surface area contributed by atoms with Crippen LogP contribution in [0.25, 0.3) is 0 Å². The third-order valence-electron chi connectivity index (χ3n) is 2.52. The molecule has 0 aromatic heterocycles. The molecule has 0 radical (unpaired) electrons. The van der Waals surface area contributed by atoms with Gasteiger partial charge in [-0.05, 0) is 67.8 Å². The second-order valence-corrected chi connectivity index (χ2v) is 7.44. The third-order valence-corrected chi connectivity index (χ3v) is 5.76. The van der Waals surface area contributed by atoms with E-state index in [1.807, 2.05) is 0 Å². The standard InChI is InChI=1S/C13H13I3N2O3/c1-4-7(21)8-9(14)12(17-5(2)19)11(16)13(10(8)15)18-6(3)20/h4H2,1-3H3,(H,17,19)(H,18,20). The van der Waals surface area contributed by atoms with Gasteiger partial charge in [0.25, 0.3) is 0 Å². The summed E-state index contributed by atoms with van der Waals surface area (Å²) in [5.41, 5.74) is 1.65. The van der Waals surface area contributed by atoms with Crippen LogP contribution in [0.15, 0.2) is 0 Å². The second kappa shape index (κ2) is 8.04. The van der Waals surface area contributed by atoms with Crippen molar-refractivity contribution in [3.8, 4) is 0 Å². The van der Waals surface area contributed by atoms with Crippen molar-refractivity contribution in [3.63, 3.8) is 0 Å². The summed E-state index contributed by atoms with van der Waals surface area (Å²) in [6, 6.07) is 0. The van der Waals surface area contributed by atoms with Gasteiger partial charge in [0.2, 0.25) is 11.8 Å². The van der Waals surface area contributed by atoms with Crippen molar-refractivity contribution >= 4 is 96.7 Å². The number of halogens is 3. The Morgan fingerprint density at radius 3 is 1.52 bits per heavy atom. The third kappa shape index (κ3) is 4.50. The Morgan fingerprint density at radius 1 is 0.857 bits per heavy atom. The zero-order valence-electron chi connectivity index (χ0n) is 11.6. The molecule has 0 fully saturated rings. The molecule has 0 aliphatic carbocycles. The molecule has 0 aliphatic heterocycles. The molecule has 0 aliphatic rings. The minimum atomic E-state index is -0.226. The Bertz CT molecular complexity index is 587. The molecule has 0 atom stereocenters. The van der Waals surface area contributed by atoms with E-state index in [2.05, 4.69) is 78.4 Å². The number of Topliss-reactive ketones (excluding diaryl/α,β-unsaturated/α-hetero) is 1. The fourth-order valence-electron chi connectivity index (χ4n) is 1.66. The van der Waals surface area contributed by atoms with E-state index in [-0.39, 0.29) is 17.6 Å². The first-order chi connectivity index (χ1) is 9.70. The lowest BCUT2D eigenvalue weighted by molar-refractivity contribution is -0.115. The fraction of sp³-hybridized carbons (Fsp3) is 0.308. The molecule has 0 bridgehead atoms. The number of carbonyl (C=O) groups excluding carboxylic acids is 3. The van der Waals surface area contributed by atoms with Crippen LogP contribution in [-0.4, -0.2) is 17.6 Å². The molecule has 2 amide bonds. The molecule has 5 nitrogen and oxygen atoms in total. The number of carbonyl (C=O) groups is 3. The van der Waals surface area contributed by atoms with E-state index in [1.54, 1.807) is 6.92 Å². The summed E-state index contributed by atoms with van der Waals surface area (Å²) in [4.78, 5) is 35.0. The van der Waals surface area contributed by atoms with Crippen LogP contribution in [0, 0.1) is 10.7 Å². The molecule has 0 saturated carbocycles. The number of rotatable bonds is 4. The van der Waals surface area contributed by atoms with E-state index >= 15 is 0 Å². The van der Waals surface area contributed by atoms with Gasteiger partial charge in [-0.15, -0.1) is 0 Å². The van der Waals surface area contributed by atoms with Crippen LogP contribution in [0.5, 0.6) is 0 Å². The Hall–Kier alpha value is 0.0200. The normalized spacial score (nSPS) is 10.2. The topological polar surface area (TPSA) is 75.3 Å². The number of anilines is 2. The fourth-order valence-corrected chi connectivity index (χ4v) is 5.96. The van der Waals surface area contributed by atoms with E-state index in [1.165, 1.54) is 13.8 Å². The highest BCUT2D eigenvalue weighted by atomic mass is 127. The van der Waals surface area contributed by atoms with Crippen LogP contribution < -0.4 is 10.6 Å². The highest BCUT2D eigenvalue weighted by Crippen LogP contribution is 2.39. The number of hydrogen-bond acceptors (Lipinski definition) is 3. The quantitative estimate of drug-likeness (QED) is 0.393. The minimum Gasteiger partial charge on any atom is -0.324 e. The molecular weight excluding hydrogens is 613 g/mol. The first-order valence-corrected chi connectivity index (χ1v) is 9.23. The van der Waals surface area contributed by atoms with Gasteiger partial charge < -0.3 is 10.6 Å². The minimum absolute atomic E-state index is 0.0293. The van der Waals surface area contributed by atoms with E-state index in [0.29, 0.717) is 34.1 Å². The average Bonchev–Trinajstić information content (AvgIpc) is 2.39. The lowest BCUT2D eigenvalue weighted by atomic mass is 10.1. The summed E-state index contributed by atoms with van der Waals surface area (Å²) in [6.07, 6.45) is 0.353. The maximum atomic E-state index is 12.2. The zero-order chi connectivity index (χ0) is 16.3. The van der Waals surface area contributed by atoms with Gasteiger partial charge in [0.05, 0.1) is 14.9 Å². The number of amides is 2. The first-order valence-electron chi connectivity index (χ1n) is 5.99. The number of nitrogens with one attached hydrogen (secondary N) is 2. The van der Waals surface area contributed by atoms with Crippen LogP contribution in [0.2, 0.25) is 0 Å². The van der Waals surface area contributed by atoms with Crippen molar-refractivity contribution in [2.24, 2.45) is 0 Å². The number of hydrogen-bond donors (Lipinski definition) is 2. The van der Waals surface area contributed by atoms with Crippen molar-refractivity contribution < 1.29 is 14.4 Å². The van der Waals surface area contributed by atoms with Crippen molar-refractivity contribution in [2.45, 2.75) is 27.2 Å². The highest BCUT2D eigenvalue weighted by Gasteiger charge is 2.24. The van der Waals surface area contributed by atoms with Gasteiger partial charge in [-0.1, -0.05) is 6.92 Å². The Balaban J connectivity index is 3.69. The summed E-state index contributed by atoms with van der Waals surface area (Å²) in [5, 5.41) is 5.48. The average molecular weight is 626 g/mol. The summed E-state index contributed by atoms with van der Waals surface area (Å²) in [7, 11) is 0. The summed E-state index contributed by atoms with van der Waals surface area (Å²) < 4.78 is 2.09. The molecule has 0 saturated heterocycles. The van der Waals surface area contributed by atoms with Crippen molar-refractivity contribution in [3.05, 3.63) is 16.3 Å². The zero-order valence-corrected chi connectivity index (χ0v) is 18.0. The highest BCUT2D eigenvalue weighted by molar-refractivity contribution is 14.1. The molecule has 0 unspecified atom stereocenters. The summed E-state index contributed by atoms with van der Waals surface area (Å²) in [5.74, 6) is -0.482. The largest absolute Gasteiger partial charge is 0.324 e. The van der Waals surface area contributed by atoms with Gasteiger partial charge in [-0.2, -0.15) is 0 Å². The first kappa shape index (κ1) is 19.1. The van der Waals surface area contributed by atoms with E-state index in [9.17, 15) is 14.4 Å². The van der Waals surface area contributed by atoms with Crippen LogP contribution >= 0.6 is 67.8 Å². The molecule has 0 spiro atoms. The van der Waals surface area contributed by atoms with Crippen molar-refractivity contribution in [2.75, 3.05) is 10.6 Å². The van der Waals surface area contributed by atoms with Gasteiger partial charge in [0, 0.05) is 33.0 Å². The van der Waals surface area contributed by atoms with E-state index in [0.717, 1.165) is 0 Å². The predicted molar refractivity (Wildman–Crippen MR) is 108 cm³/mol. The molecule has 8 heteroatoms. The molecule has 1 aromatic carbocycles. The molecule has 1 aromatic rings. The Morgan fingerprint density at radius 2 is 1.24 bits per heavy atom. The van der Waals surface area contributed by atoms with E-state index < -0.39 is 0 Å². The van der Waals surface area contributed by atoms with Gasteiger partial charge in [0.1, 0.15) is 0 Å². The maximum Gasteiger partial charge on any atom is 0.221 e. The number of benzene rings is 1. The van der Waals surface area contributed by atoms with Gasteiger partial charge in [-0.3, -0.25) is 14.4 Å². The predicted octanol–water partition coefficient (Wildman–Crippen LogP) is 4.01. The molecule has 2 N–H and O–H groups in total. The van der Waals surface area contributed by atoms with Crippen LogP contribution in [-0.2, 0) is 9.59 Å². The maximum absolute atomic E-state index is 12.2. The molecule has 0 heterocycles. The Kier molecular flexibility index (Phi) is 7.30. The van der Waals surface area contributed by atoms with E-state index in [4.69, 9.17) is 0 Å². The SMILES string of the molecule is CCC(=O)c1c(I)c(NC(C)=O)c(I)c(NC(C)=O)c1I. The lowest BCUT2D eigenvalue weighted by Crippen LogP contribution is -2.17. The monoisotopic (exact) mass is 626 g/mol. The van der Waals surface area contributed by atoms with Crippen LogP contribution in [0.3, 0.4) is 0 Å². The molecule has 114 valence electrons. The lowest BCUT2D eigenvalue weighted by Gasteiger charge is -2.19.